The Bertz CT molecular complexity index is 406. The van der Waals surface area contributed by atoms with Crippen LogP contribution in [0.5, 0.6) is 11.5 Å². The molecule has 0 spiro atoms. The molecule has 0 aliphatic heterocycles. The molecule has 76 valence electrons. The first kappa shape index (κ1) is 11.0. The summed E-state index contributed by atoms with van der Waals surface area (Å²) in [6.45, 7) is 0. The van der Waals surface area contributed by atoms with Gasteiger partial charge in [0.05, 0.1) is 0 Å². The van der Waals surface area contributed by atoms with E-state index in [-0.39, 0.29) is 0 Å². The third-order valence-electron chi connectivity index (χ3n) is 2.28. The van der Waals surface area contributed by atoms with Crippen LogP contribution in [0.25, 0.3) is 11.1 Å². The van der Waals surface area contributed by atoms with Gasteiger partial charge in [-0.15, -0.1) is 0 Å². The maximum atomic E-state index is 4.92. The molecule has 0 unspecified atom stereocenters. The van der Waals surface area contributed by atoms with Crippen molar-refractivity contribution in [2.75, 3.05) is 0 Å². The van der Waals surface area contributed by atoms with Crippen molar-refractivity contribution in [3.8, 4) is 22.6 Å². The maximum Gasteiger partial charge on any atom is 0.341 e. The molecular weight excluding hydrogens is 232 g/mol. The van der Waals surface area contributed by atoms with E-state index in [9.17, 15) is 0 Å². The molecule has 2 aromatic carbocycles. The molecule has 0 bridgehead atoms. The normalized spacial score (nSPS) is 9.88. The fourth-order valence-corrected chi connectivity index (χ4v) is 1.70. The van der Waals surface area contributed by atoms with Gasteiger partial charge in [0.2, 0.25) is 0 Å². The number of hydrogen-bond acceptors (Lipinski definition) is 2. The molecule has 2 nitrogen and oxygen atoms in total. The molecule has 0 saturated heterocycles. The van der Waals surface area contributed by atoms with Crippen LogP contribution >= 0.6 is 0 Å². The van der Waals surface area contributed by atoms with Crippen molar-refractivity contribution in [2.45, 2.75) is 0 Å². The predicted molar refractivity (Wildman–Crippen MR) is 64.6 cm³/mol. The third kappa shape index (κ3) is 2.34. The lowest BCUT2D eigenvalue weighted by Gasteiger charge is -2.05. The van der Waals surface area contributed by atoms with E-state index in [0.717, 1.165) is 22.6 Å². The van der Waals surface area contributed by atoms with Crippen LogP contribution in [0, 0.1) is 0 Å². The predicted octanol–water partition coefficient (Wildman–Crippen LogP) is 2.28. The van der Waals surface area contributed by atoms with Gasteiger partial charge in [-0.05, 0) is 35.4 Å². The van der Waals surface area contributed by atoms with E-state index in [2.05, 4.69) is 21.0 Å². The second-order valence-electron chi connectivity index (χ2n) is 3.25. The number of benzene rings is 2. The molecule has 6 radical (unpaired) electrons. The van der Waals surface area contributed by atoms with E-state index in [4.69, 9.17) is 8.85 Å². The van der Waals surface area contributed by atoms with Crippen molar-refractivity contribution in [3.63, 3.8) is 0 Å². The average molecular weight is 240 g/mol. The van der Waals surface area contributed by atoms with Crippen LogP contribution in [0.4, 0.5) is 0 Å². The van der Waals surface area contributed by atoms with Crippen molar-refractivity contribution >= 4 is 21.0 Å². The molecule has 0 N–H and O–H groups in total. The van der Waals surface area contributed by atoms with Crippen LogP contribution in [0.3, 0.4) is 0 Å². The molecule has 0 amide bonds. The topological polar surface area (TPSA) is 18.5 Å². The Kier molecular flexibility index (Phi) is 3.43. The third-order valence-corrected chi connectivity index (χ3v) is 2.75. The van der Waals surface area contributed by atoms with Gasteiger partial charge in [-0.2, -0.15) is 0 Å². The van der Waals surface area contributed by atoms with E-state index in [0.29, 0.717) is 0 Å². The van der Waals surface area contributed by atoms with Crippen LogP contribution in [0.1, 0.15) is 0 Å². The van der Waals surface area contributed by atoms with Gasteiger partial charge in [0, 0.05) is 0 Å². The van der Waals surface area contributed by atoms with E-state index in [1.54, 1.807) is 0 Å². The Morgan fingerprint density at radius 1 is 0.562 bits per heavy atom. The molecule has 0 fully saturated rings. The van der Waals surface area contributed by atoms with Crippen molar-refractivity contribution in [2.24, 2.45) is 0 Å². The van der Waals surface area contributed by atoms with Crippen LogP contribution in [-0.2, 0) is 0 Å². The van der Waals surface area contributed by atoms with Crippen LogP contribution in [-0.4, -0.2) is 21.0 Å². The van der Waals surface area contributed by atoms with Crippen molar-refractivity contribution in [1.82, 2.24) is 0 Å². The second kappa shape index (κ2) is 5.00. The van der Waals surface area contributed by atoms with Crippen LogP contribution in [0.15, 0.2) is 48.5 Å². The molecule has 0 aromatic heterocycles. The Morgan fingerprint density at radius 2 is 0.875 bits per heavy atom. The molecule has 16 heavy (non-hydrogen) atoms. The smallest absolute Gasteiger partial charge is 0.341 e. The second-order valence-corrected chi connectivity index (χ2v) is 3.66. The monoisotopic (exact) mass is 240 g/mol. The lowest BCUT2D eigenvalue weighted by molar-refractivity contribution is 0.615. The Labute approximate surface area is 101 Å². The van der Waals surface area contributed by atoms with E-state index in [1.807, 2.05) is 48.5 Å². The minimum Gasteiger partial charge on any atom is -0.540 e. The SMILES string of the molecule is [Si]Oc1ccc(-c2ccc(O[Si])cc2)cc1. The molecule has 0 aliphatic rings. The molecule has 2 aromatic rings. The van der Waals surface area contributed by atoms with Gasteiger partial charge in [0.1, 0.15) is 11.5 Å². The zero-order valence-corrected chi connectivity index (χ0v) is 10.4. The van der Waals surface area contributed by atoms with Crippen LogP contribution < -0.4 is 8.85 Å². The van der Waals surface area contributed by atoms with E-state index >= 15 is 0 Å². The van der Waals surface area contributed by atoms with Crippen LogP contribution in [0.2, 0.25) is 0 Å². The minimum atomic E-state index is 0.778. The zero-order valence-electron chi connectivity index (χ0n) is 8.44. The highest BCUT2D eigenvalue weighted by Gasteiger charge is 1.98. The highest BCUT2D eigenvalue weighted by atomic mass is 28.2. The Balaban J connectivity index is 2.28. The standard InChI is InChI=1S/C12H8O2Si2/c15-13-11-5-1-9(2-6-11)10-3-7-12(14-16)8-4-10/h1-8H. The van der Waals surface area contributed by atoms with E-state index < -0.39 is 0 Å². The van der Waals surface area contributed by atoms with Crippen molar-refractivity contribution in [3.05, 3.63) is 48.5 Å². The summed E-state index contributed by atoms with van der Waals surface area (Å²) >= 11 is 0. The van der Waals surface area contributed by atoms with Gasteiger partial charge in [0.25, 0.3) is 0 Å². The first-order valence-corrected chi connectivity index (χ1v) is 5.53. The number of hydrogen-bond donors (Lipinski definition) is 0. The Hall–Kier alpha value is -1.53. The average Bonchev–Trinajstić information content (AvgIpc) is 2.39. The highest BCUT2D eigenvalue weighted by molar-refractivity contribution is 6.00. The summed E-state index contributed by atoms with van der Waals surface area (Å²) in [5, 5.41) is 0. The van der Waals surface area contributed by atoms with Gasteiger partial charge < -0.3 is 8.85 Å². The van der Waals surface area contributed by atoms with Gasteiger partial charge >= 0.3 is 21.0 Å². The minimum absolute atomic E-state index is 0.778. The largest absolute Gasteiger partial charge is 0.540 e. The maximum absolute atomic E-state index is 4.92. The summed E-state index contributed by atoms with van der Waals surface area (Å²) in [5.41, 5.74) is 2.26. The highest BCUT2D eigenvalue weighted by Crippen LogP contribution is 2.24. The zero-order chi connectivity index (χ0) is 11.4. The van der Waals surface area contributed by atoms with Crippen molar-refractivity contribution < 1.29 is 8.85 Å². The quantitative estimate of drug-likeness (QED) is 0.766. The summed E-state index contributed by atoms with van der Waals surface area (Å²) in [6, 6.07) is 15.6. The van der Waals surface area contributed by atoms with Crippen molar-refractivity contribution in [1.29, 1.82) is 0 Å². The first-order chi connectivity index (χ1) is 7.83. The summed E-state index contributed by atoms with van der Waals surface area (Å²) in [4.78, 5) is 0. The number of rotatable bonds is 3. The van der Waals surface area contributed by atoms with E-state index in [1.165, 1.54) is 0 Å². The fourth-order valence-electron chi connectivity index (χ4n) is 1.43. The van der Waals surface area contributed by atoms with Gasteiger partial charge in [-0.25, -0.2) is 0 Å². The van der Waals surface area contributed by atoms with Gasteiger partial charge in [-0.3, -0.25) is 0 Å². The lowest BCUT2D eigenvalue weighted by Crippen LogP contribution is -1.86. The molecule has 2 rings (SSSR count). The lowest BCUT2D eigenvalue weighted by atomic mass is 10.1. The summed E-state index contributed by atoms with van der Waals surface area (Å²) in [6.07, 6.45) is 0. The molecule has 4 heteroatoms. The molecule has 0 atom stereocenters. The Morgan fingerprint density at radius 3 is 1.12 bits per heavy atom. The first-order valence-electron chi connectivity index (χ1n) is 4.71. The summed E-state index contributed by atoms with van der Waals surface area (Å²) < 4.78 is 9.84. The fraction of sp³-hybridized carbons (Fsp3) is 0. The molecule has 0 aliphatic carbocycles. The van der Waals surface area contributed by atoms with Gasteiger partial charge in [-0.1, -0.05) is 24.3 Å². The summed E-state index contributed by atoms with van der Waals surface area (Å²) in [7, 11) is 5.96. The molecule has 0 saturated carbocycles. The molecular formula is C12H8O2Si2. The molecule has 0 heterocycles. The summed E-state index contributed by atoms with van der Waals surface area (Å²) in [5.74, 6) is 1.56. The van der Waals surface area contributed by atoms with Gasteiger partial charge in [0.15, 0.2) is 0 Å².